The first-order valence-electron chi connectivity index (χ1n) is 6.86. The summed E-state index contributed by atoms with van der Waals surface area (Å²) in [5.74, 6) is 0.428. The lowest BCUT2D eigenvalue weighted by atomic mass is 10.3. The van der Waals surface area contributed by atoms with Gasteiger partial charge < -0.3 is 19.7 Å². The topological polar surface area (TPSA) is 63.7 Å². The van der Waals surface area contributed by atoms with Gasteiger partial charge in [-0.25, -0.2) is 4.98 Å². The van der Waals surface area contributed by atoms with E-state index >= 15 is 0 Å². The van der Waals surface area contributed by atoms with Crippen molar-refractivity contribution in [3.05, 3.63) is 22.8 Å². The Bertz CT molecular complexity index is 500. The number of carbonyl (C=O) groups is 1. The average molecular weight is 314 g/mol. The molecule has 2 heterocycles. The molecule has 1 aliphatic rings. The molecule has 2 unspecified atom stereocenters. The second-order valence-electron chi connectivity index (χ2n) is 4.82. The van der Waals surface area contributed by atoms with E-state index in [9.17, 15) is 4.79 Å². The Hall–Kier alpha value is -1.37. The van der Waals surface area contributed by atoms with Gasteiger partial charge in [-0.3, -0.25) is 4.79 Å². The number of rotatable bonds is 5. The van der Waals surface area contributed by atoms with Crippen LogP contribution in [0.15, 0.2) is 12.1 Å². The first kappa shape index (κ1) is 16.0. The fraction of sp³-hybridized carbons (Fsp3) is 0.571. The van der Waals surface area contributed by atoms with Crippen LogP contribution in [0.4, 0.5) is 5.82 Å². The van der Waals surface area contributed by atoms with E-state index in [1.165, 1.54) is 0 Å². The number of carbonyl (C=O) groups excluding carboxylic acids is 1. The summed E-state index contributed by atoms with van der Waals surface area (Å²) in [5, 5.41) is 3.41. The van der Waals surface area contributed by atoms with Gasteiger partial charge in [-0.1, -0.05) is 11.6 Å². The van der Waals surface area contributed by atoms with E-state index in [-0.39, 0.29) is 23.8 Å². The Kier molecular flexibility index (Phi) is 5.39. The number of hydrogen-bond acceptors (Lipinski definition) is 5. The Balaban J connectivity index is 2.18. The molecule has 21 heavy (non-hydrogen) atoms. The molecule has 1 aliphatic heterocycles. The summed E-state index contributed by atoms with van der Waals surface area (Å²) >= 11 is 6.11. The van der Waals surface area contributed by atoms with Gasteiger partial charge in [-0.15, -0.1) is 0 Å². The van der Waals surface area contributed by atoms with Gasteiger partial charge in [0.1, 0.15) is 23.7 Å². The number of ether oxygens (including phenoxy) is 2. The highest BCUT2D eigenvalue weighted by Gasteiger charge is 2.36. The van der Waals surface area contributed by atoms with Crippen molar-refractivity contribution in [2.24, 2.45) is 0 Å². The van der Waals surface area contributed by atoms with Gasteiger partial charge in [0.2, 0.25) is 0 Å². The van der Waals surface area contributed by atoms with Gasteiger partial charge >= 0.3 is 0 Å². The second-order valence-corrected chi connectivity index (χ2v) is 5.22. The highest BCUT2D eigenvalue weighted by atomic mass is 35.5. The number of hydrogen-bond donors (Lipinski definition) is 1. The number of aromatic nitrogens is 1. The average Bonchev–Trinajstić information content (AvgIpc) is 2.92. The minimum atomic E-state index is -0.207. The smallest absolute Gasteiger partial charge is 0.274 e. The van der Waals surface area contributed by atoms with Crippen LogP contribution < -0.4 is 5.32 Å². The van der Waals surface area contributed by atoms with Gasteiger partial charge in [-0.05, 0) is 19.1 Å². The van der Waals surface area contributed by atoms with Crippen LogP contribution in [0.2, 0.25) is 5.02 Å². The van der Waals surface area contributed by atoms with Crippen molar-refractivity contribution in [3.63, 3.8) is 0 Å². The zero-order chi connectivity index (χ0) is 15.4. The summed E-state index contributed by atoms with van der Waals surface area (Å²) in [5.41, 5.74) is 0.252. The Morgan fingerprint density at radius 2 is 2.00 bits per heavy atom. The highest BCUT2D eigenvalue weighted by Crippen LogP contribution is 2.22. The second kappa shape index (κ2) is 7.06. The summed E-state index contributed by atoms with van der Waals surface area (Å²) in [6, 6.07) is 3.43. The standard InChI is InChI=1S/C14H20ClN3O3/c1-4-16-12-6-5-9(15)13(17-12)14(19)18-7-10(20-2)11(8-18)21-3/h5-6,10-11H,4,7-8H2,1-3H3,(H,16,17). The molecular formula is C14H20ClN3O3. The molecule has 2 rings (SSSR count). The van der Waals surface area contributed by atoms with Gasteiger partial charge in [0.15, 0.2) is 0 Å². The van der Waals surface area contributed by atoms with E-state index in [1.54, 1.807) is 31.3 Å². The molecule has 2 atom stereocenters. The third-order valence-electron chi connectivity index (χ3n) is 3.51. The van der Waals surface area contributed by atoms with Crippen molar-refractivity contribution in [1.82, 2.24) is 9.88 Å². The van der Waals surface area contributed by atoms with Crippen LogP contribution in [-0.4, -0.2) is 61.9 Å². The molecule has 1 N–H and O–H groups in total. The lowest BCUT2D eigenvalue weighted by molar-refractivity contribution is -0.00461. The molecule has 1 fully saturated rings. The zero-order valence-electron chi connectivity index (χ0n) is 12.4. The quantitative estimate of drug-likeness (QED) is 0.895. The van der Waals surface area contributed by atoms with Crippen molar-refractivity contribution in [1.29, 1.82) is 0 Å². The summed E-state index contributed by atoms with van der Waals surface area (Å²) in [7, 11) is 3.23. The van der Waals surface area contributed by atoms with E-state index in [1.807, 2.05) is 6.92 Å². The molecule has 0 saturated carbocycles. The molecule has 0 aliphatic carbocycles. The van der Waals surface area contributed by atoms with Gasteiger partial charge in [0.05, 0.1) is 5.02 Å². The van der Waals surface area contributed by atoms with E-state index < -0.39 is 0 Å². The number of methoxy groups -OCH3 is 2. The van der Waals surface area contributed by atoms with E-state index in [0.29, 0.717) is 23.9 Å². The number of amides is 1. The van der Waals surface area contributed by atoms with E-state index in [2.05, 4.69) is 10.3 Å². The summed E-state index contributed by atoms with van der Waals surface area (Å²) in [6.07, 6.45) is -0.260. The van der Waals surface area contributed by atoms with Crippen molar-refractivity contribution in [3.8, 4) is 0 Å². The van der Waals surface area contributed by atoms with E-state index in [0.717, 1.165) is 6.54 Å². The third kappa shape index (κ3) is 3.45. The Morgan fingerprint density at radius 3 is 2.52 bits per heavy atom. The van der Waals surface area contributed by atoms with Crippen molar-refractivity contribution in [2.45, 2.75) is 19.1 Å². The number of pyridine rings is 1. The first-order valence-corrected chi connectivity index (χ1v) is 7.23. The molecular weight excluding hydrogens is 294 g/mol. The lowest BCUT2D eigenvalue weighted by Crippen LogP contribution is -2.31. The molecule has 1 aromatic rings. The van der Waals surface area contributed by atoms with Crippen molar-refractivity contribution < 1.29 is 14.3 Å². The SMILES string of the molecule is CCNc1ccc(Cl)c(C(=O)N2CC(OC)C(OC)C2)n1. The van der Waals surface area contributed by atoms with Crippen LogP contribution in [0, 0.1) is 0 Å². The lowest BCUT2D eigenvalue weighted by Gasteiger charge is -2.16. The maximum absolute atomic E-state index is 12.6. The summed E-state index contributed by atoms with van der Waals surface area (Å²) in [4.78, 5) is 18.5. The van der Waals surface area contributed by atoms with Crippen LogP contribution in [0.1, 0.15) is 17.4 Å². The normalized spacial score (nSPS) is 21.6. The molecule has 0 spiro atoms. The fourth-order valence-corrected chi connectivity index (χ4v) is 2.57. The predicted molar refractivity (Wildman–Crippen MR) is 80.9 cm³/mol. The molecule has 6 nitrogen and oxygen atoms in total. The molecule has 1 saturated heterocycles. The summed E-state index contributed by atoms with van der Waals surface area (Å²) < 4.78 is 10.7. The van der Waals surface area contributed by atoms with E-state index in [4.69, 9.17) is 21.1 Å². The summed E-state index contributed by atoms with van der Waals surface area (Å²) in [6.45, 7) is 3.63. The fourth-order valence-electron chi connectivity index (χ4n) is 2.38. The van der Waals surface area contributed by atoms with Gasteiger partial charge in [0.25, 0.3) is 5.91 Å². The minimum absolute atomic E-state index is 0.130. The highest BCUT2D eigenvalue weighted by molar-refractivity contribution is 6.33. The molecule has 116 valence electrons. The predicted octanol–water partition coefficient (Wildman–Crippen LogP) is 1.65. The van der Waals surface area contributed by atoms with Crippen LogP contribution in [-0.2, 0) is 9.47 Å². The molecule has 0 radical (unpaired) electrons. The van der Waals surface area contributed by atoms with Gasteiger partial charge in [0, 0.05) is 33.9 Å². The minimum Gasteiger partial charge on any atom is -0.377 e. The zero-order valence-corrected chi connectivity index (χ0v) is 13.2. The number of nitrogens with one attached hydrogen (secondary N) is 1. The number of likely N-dealkylation sites (tertiary alicyclic amines) is 1. The van der Waals surface area contributed by atoms with Crippen LogP contribution in [0.3, 0.4) is 0 Å². The largest absolute Gasteiger partial charge is 0.377 e. The first-order chi connectivity index (χ1) is 10.1. The maximum Gasteiger partial charge on any atom is 0.274 e. The molecule has 1 amide bonds. The van der Waals surface area contributed by atoms with Crippen LogP contribution in [0.5, 0.6) is 0 Å². The maximum atomic E-state index is 12.6. The van der Waals surface area contributed by atoms with Crippen LogP contribution >= 0.6 is 11.6 Å². The number of nitrogens with zero attached hydrogens (tertiary/aromatic N) is 2. The number of anilines is 1. The Morgan fingerprint density at radius 1 is 1.38 bits per heavy atom. The van der Waals surface area contributed by atoms with Crippen molar-refractivity contribution >= 4 is 23.3 Å². The molecule has 0 aromatic carbocycles. The molecule has 7 heteroatoms. The van der Waals surface area contributed by atoms with Crippen molar-refractivity contribution in [2.75, 3.05) is 39.2 Å². The Labute approximate surface area is 129 Å². The third-order valence-corrected chi connectivity index (χ3v) is 3.82. The monoisotopic (exact) mass is 313 g/mol. The van der Waals surface area contributed by atoms with Gasteiger partial charge in [-0.2, -0.15) is 0 Å². The molecule has 0 bridgehead atoms. The molecule has 1 aromatic heterocycles. The van der Waals surface area contributed by atoms with Crippen LogP contribution in [0.25, 0.3) is 0 Å². The number of halogens is 1.